The number of hydrogen-bond donors (Lipinski definition) is 10. The second-order valence-electron chi connectivity index (χ2n) is 7.71. The van der Waals surface area contributed by atoms with Gasteiger partial charge in [0, 0.05) is 13.0 Å². The number of carboxylic acid groups (broad SMARTS) is 3. The predicted molar refractivity (Wildman–Crippen MR) is 153 cm³/mol. The molecule has 0 aliphatic rings. The molecule has 18 N–H and O–H groups in total. The fraction of sp³-hybridized carbons (Fsp3) is 0.550. The second kappa shape index (κ2) is 30.7. The van der Waals surface area contributed by atoms with E-state index in [4.69, 9.17) is 57.1 Å². The van der Waals surface area contributed by atoms with Crippen molar-refractivity contribution in [3.8, 4) is 0 Å². The molecular formula is C20H38Cl2N10O11Pt. The largest absolute Gasteiger partial charge is 0.693 e. The first-order chi connectivity index (χ1) is 19.5. The number of primary amides is 2. The number of nitrogens with one attached hydrogen (secondary N) is 3. The van der Waals surface area contributed by atoms with Crippen LogP contribution in [-0.4, -0.2) is 93.9 Å². The number of rotatable bonds is 18. The van der Waals surface area contributed by atoms with Crippen molar-refractivity contribution in [2.24, 2.45) is 27.9 Å². The summed E-state index contributed by atoms with van der Waals surface area (Å²) in [5.74, 6) is -7.65. The van der Waals surface area contributed by atoms with Crippen LogP contribution in [0.4, 0.5) is 0 Å². The Bertz CT molecular complexity index is 959. The summed E-state index contributed by atoms with van der Waals surface area (Å²) < 4.78 is 0. The Labute approximate surface area is 268 Å². The minimum absolute atomic E-state index is 0. The fourth-order valence-electron chi connectivity index (χ4n) is 2.44. The standard InChI is InChI=1S/C16H28N8O7.C4H6O4.2ClH.2H2N.Pt/c17-10(25)6-9(24-11(26)3-4-13(28)29)15(31)22-7-12(27)23-8(14(18)30)2-1-5-21-16(19)20;5-3(6)1-2-4(7)8;;;;;/h8-9H,1-7H2,(H2,17,25)(H2,18,30)(H,22,31)(H,23,27)(H,24,26)(H,28,29)(H4,19,20,21);1-2H2,(H,5,6)(H,7,8);2*1H;2*1H2;/q;;;;2*-1;+4/p-2. The van der Waals surface area contributed by atoms with E-state index < -0.39 is 102 Å². The van der Waals surface area contributed by atoms with Crippen molar-refractivity contribution >= 4 is 72.2 Å². The molecule has 5 amide bonds. The van der Waals surface area contributed by atoms with Crippen LogP contribution in [0.2, 0.25) is 0 Å². The molecule has 0 saturated carbocycles. The molecule has 0 aliphatic heterocycles. The van der Waals surface area contributed by atoms with Crippen LogP contribution in [0.5, 0.6) is 0 Å². The van der Waals surface area contributed by atoms with Crippen molar-refractivity contribution in [2.75, 3.05) is 13.1 Å². The number of nitrogens with two attached hydrogens (primary N) is 6. The number of hydrogen-bond acceptors (Lipinski definition) is 9. The summed E-state index contributed by atoms with van der Waals surface area (Å²) in [5, 5.41) is 31.1. The Morgan fingerprint density at radius 3 is 1.55 bits per heavy atom. The summed E-state index contributed by atoms with van der Waals surface area (Å²) in [6.45, 7) is -0.369. The van der Waals surface area contributed by atoms with Crippen LogP contribution >= 0.6 is 18.8 Å². The zero-order chi connectivity index (χ0) is 33.3. The molecule has 2 unspecified atom stereocenters. The number of aliphatic carboxylic acids is 3. The van der Waals surface area contributed by atoms with Crippen LogP contribution in [-0.2, 0) is 54.8 Å². The van der Waals surface area contributed by atoms with E-state index in [0.29, 0.717) is 6.42 Å². The molecule has 0 fully saturated rings. The SMILES string of the molecule is NC(=O)CC(NC(=O)CCC(=O)O)C(=O)NCC(=O)NC(CCCN=C(N)N)C(N)=O.O=C(O)CCC(=O)O.[Cl][Pt+2][Cl].[NH2-].[NH2-]. The molecule has 2 atom stereocenters. The number of amides is 5. The summed E-state index contributed by atoms with van der Waals surface area (Å²) in [7, 11) is 9.75. The van der Waals surface area contributed by atoms with Gasteiger partial charge < -0.3 is 66.5 Å². The monoisotopic (exact) mass is 859 g/mol. The summed E-state index contributed by atoms with van der Waals surface area (Å²) in [4.78, 5) is 92.0. The molecular weight excluding hydrogens is 822 g/mol. The number of aliphatic imine (C=N–C) groups is 1. The maximum Gasteiger partial charge on any atom is -0.693 e. The minimum atomic E-state index is -1.40. The third-order valence-electron chi connectivity index (χ3n) is 4.22. The first-order valence-corrected chi connectivity index (χ1v) is 17.1. The summed E-state index contributed by atoms with van der Waals surface area (Å²) in [6.07, 6.45) is -1.56. The Kier molecular flexibility index (Phi) is 34.8. The molecule has 0 saturated heterocycles. The summed E-state index contributed by atoms with van der Waals surface area (Å²) >= 11 is -0.472. The topological polar surface area (TPSA) is 417 Å². The van der Waals surface area contributed by atoms with Gasteiger partial charge in [0.05, 0.1) is 32.2 Å². The molecule has 24 heteroatoms. The van der Waals surface area contributed by atoms with Crippen molar-refractivity contribution in [2.45, 2.75) is 57.0 Å². The van der Waals surface area contributed by atoms with E-state index in [-0.39, 0.29) is 44.1 Å². The zero-order valence-electron chi connectivity index (χ0n) is 23.1. The van der Waals surface area contributed by atoms with E-state index in [9.17, 15) is 38.4 Å². The van der Waals surface area contributed by atoms with Crippen LogP contribution in [0.1, 0.15) is 44.9 Å². The zero-order valence-corrected chi connectivity index (χ0v) is 26.9. The Morgan fingerprint density at radius 1 is 0.727 bits per heavy atom. The van der Waals surface area contributed by atoms with Gasteiger partial charge in [-0.3, -0.25) is 43.3 Å². The quantitative estimate of drug-likeness (QED) is 0.0410. The molecule has 0 aromatic carbocycles. The normalized spacial score (nSPS) is 10.5. The molecule has 0 spiro atoms. The van der Waals surface area contributed by atoms with E-state index in [1.807, 2.05) is 0 Å². The molecule has 0 aromatic heterocycles. The summed E-state index contributed by atoms with van der Waals surface area (Å²) in [6, 6.07) is -2.44. The molecule has 0 bridgehead atoms. The van der Waals surface area contributed by atoms with Gasteiger partial charge in [-0.2, -0.15) is 0 Å². The Balaban J connectivity index is -0.000000332. The first-order valence-electron chi connectivity index (χ1n) is 11.4. The third kappa shape index (κ3) is 36.2. The van der Waals surface area contributed by atoms with E-state index in [0.717, 1.165) is 0 Å². The van der Waals surface area contributed by atoms with Gasteiger partial charge in [-0.1, -0.05) is 0 Å². The van der Waals surface area contributed by atoms with Gasteiger partial charge in [-0.05, 0) is 12.8 Å². The van der Waals surface area contributed by atoms with Crippen LogP contribution in [0.25, 0.3) is 12.3 Å². The van der Waals surface area contributed by atoms with E-state index >= 15 is 0 Å². The molecule has 44 heavy (non-hydrogen) atoms. The number of carbonyl (C=O) groups is 8. The number of guanidine groups is 1. The van der Waals surface area contributed by atoms with Gasteiger partial charge in [-0.25, -0.2) is 0 Å². The fourth-order valence-corrected chi connectivity index (χ4v) is 2.44. The van der Waals surface area contributed by atoms with Crippen LogP contribution in [0.15, 0.2) is 4.99 Å². The average molecular weight is 861 g/mol. The number of carboxylic acids is 3. The Hall–Kier alpha value is -3.78. The van der Waals surface area contributed by atoms with Crippen LogP contribution < -0.4 is 38.9 Å². The molecule has 0 rings (SSSR count). The summed E-state index contributed by atoms with van der Waals surface area (Å²) in [5.41, 5.74) is 20.6. The molecule has 0 heterocycles. The van der Waals surface area contributed by atoms with Gasteiger partial charge >= 0.3 is 53.2 Å². The Morgan fingerprint density at radius 2 is 1.16 bits per heavy atom. The van der Waals surface area contributed by atoms with E-state index in [1.54, 1.807) is 0 Å². The number of carbonyl (C=O) groups excluding carboxylic acids is 5. The molecule has 258 valence electrons. The maximum absolute atomic E-state index is 12.2. The van der Waals surface area contributed by atoms with Crippen molar-refractivity contribution < 1.29 is 70.2 Å². The average Bonchev–Trinajstić information content (AvgIpc) is 2.86. The van der Waals surface area contributed by atoms with Crippen molar-refractivity contribution in [3.63, 3.8) is 0 Å². The van der Waals surface area contributed by atoms with E-state index in [1.165, 1.54) is 0 Å². The van der Waals surface area contributed by atoms with Crippen molar-refractivity contribution in [3.05, 3.63) is 12.3 Å². The molecule has 21 nitrogen and oxygen atoms in total. The van der Waals surface area contributed by atoms with Gasteiger partial charge in [0.25, 0.3) is 0 Å². The minimum Gasteiger partial charge on any atom is -0.693 e. The van der Waals surface area contributed by atoms with E-state index in [2.05, 4.69) is 20.9 Å². The van der Waals surface area contributed by atoms with Crippen LogP contribution in [0, 0.1) is 0 Å². The van der Waals surface area contributed by atoms with Gasteiger partial charge in [0.2, 0.25) is 29.5 Å². The second-order valence-corrected chi connectivity index (χ2v) is 11.0. The van der Waals surface area contributed by atoms with Gasteiger partial charge in [0.1, 0.15) is 12.1 Å². The van der Waals surface area contributed by atoms with Crippen molar-refractivity contribution in [1.29, 1.82) is 0 Å². The molecule has 0 aliphatic carbocycles. The van der Waals surface area contributed by atoms with Gasteiger partial charge in [0.15, 0.2) is 5.96 Å². The predicted octanol–water partition coefficient (Wildman–Crippen LogP) is -1.90. The molecule has 0 radical (unpaired) electrons. The third-order valence-corrected chi connectivity index (χ3v) is 4.22. The van der Waals surface area contributed by atoms with Crippen molar-refractivity contribution in [1.82, 2.24) is 16.0 Å². The van der Waals surface area contributed by atoms with Crippen LogP contribution in [0.3, 0.4) is 0 Å². The number of halogens is 2. The molecule has 0 aromatic rings. The smallest absolute Gasteiger partial charge is 0.693 e. The maximum atomic E-state index is 12.2. The number of nitrogens with zero attached hydrogens (tertiary/aromatic N) is 1. The van der Waals surface area contributed by atoms with Gasteiger partial charge in [-0.15, -0.1) is 0 Å². The first kappa shape index (κ1) is 49.9.